The molecule has 0 atom stereocenters. The molecule has 9 heteroatoms. The van der Waals surface area contributed by atoms with E-state index < -0.39 is 17.4 Å². The highest BCUT2D eigenvalue weighted by Gasteiger charge is 2.24. The first-order chi connectivity index (χ1) is 13.4. The Kier molecular flexibility index (Phi) is 5.53. The lowest BCUT2D eigenvalue weighted by atomic mass is 10.1. The predicted octanol–water partition coefficient (Wildman–Crippen LogP) is 2.07. The van der Waals surface area contributed by atoms with Crippen molar-refractivity contribution in [2.24, 2.45) is 0 Å². The fourth-order valence-electron chi connectivity index (χ4n) is 2.73. The number of hydrogen-bond acceptors (Lipinski definition) is 7. The van der Waals surface area contributed by atoms with Crippen molar-refractivity contribution in [2.75, 3.05) is 11.9 Å². The molecule has 0 aliphatic carbocycles. The summed E-state index contributed by atoms with van der Waals surface area (Å²) in [5.74, 6) is -0.915. The zero-order valence-corrected chi connectivity index (χ0v) is 15.8. The van der Waals surface area contributed by atoms with Crippen LogP contribution in [0.1, 0.15) is 35.7 Å². The van der Waals surface area contributed by atoms with Crippen LogP contribution >= 0.6 is 0 Å². The summed E-state index contributed by atoms with van der Waals surface area (Å²) in [5.41, 5.74) is 0.858. The van der Waals surface area contributed by atoms with Gasteiger partial charge in [0.1, 0.15) is 17.8 Å². The van der Waals surface area contributed by atoms with Gasteiger partial charge in [-0.2, -0.15) is 4.98 Å². The normalized spacial score (nSPS) is 10.8. The molecule has 146 valence electrons. The molecule has 0 aliphatic heterocycles. The van der Waals surface area contributed by atoms with E-state index in [9.17, 15) is 14.4 Å². The number of esters is 1. The highest BCUT2D eigenvalue weighted by molar-refractivity contribution is 6.00. The minimum atomic E-state index is -0.781. The number of nitrogens with one attached hydrogen (secondary N) is 1. The molecule has 1 N–H and O–H groups in total. The van der Waals surface area contributed by atoms with Crippen LogP contribution in [0.25, 0.3) is 11.1 Å². The first-order valence-electron chi connectivity index (χ1n) is 8.87. The second-order valence-corrected chi connectivity index (χ2v) is 6.08. The standard InChI is InChI=1S/C19H20N4O5/c1-4-12-6-8-13(9-7-12)21-14(24)10-23-11(3)20-17-15(18(23)25)16(22-28-17)19(26)27-5-2/h6-9H,4-5,10H2,1-3H3,(H,21,24). The van der Waals surface area contributed by atoms with Gasteiger partial charge in [0.2, 0.25) is 11.6 Å². The van der Waals surface area contributed by atoms with Gasteiger partial charge in [-0.15, -0.1) is 0 Å². The zero-order valence-electron chi connectivity index (χ0n) is 15.8. The number of carbonyl (C=O) groups is 2. The Balaban J connectivity index is 1.89. The van der Waals surface area contributed by atoms with Gasteiger partial charge in [0.05, 0.1) is 6.61 Å². The molecular formula is C19H20N4O5. The van der Waals surface area contributed by atoms with Crippen LogP contribution in [-0.4, -0.2) is 33.2 Å². The van der Waals surface area contributed by atoms with Gasteiger partial charge in [-0.1, -0.05) is 24.2 Å². The molecule has 0 fully saturated rings. The largest absolute Gasteiger partial charge is 0.461 e. The number of nitrogens with zero attached hydrogens (tertiary/aromatic N) is 3. The molecule has 28 heavy (non-hydrogen) atoms. The van der Waals surface area contributed by atoms with Gasteiger partial charge in [0, 0.05) is 5.69 Å². The average molecular weight is 384 g/mol. The minimum Gasteiger partial charge on any atom is -0.461 e. The number of fused-ring (bicyclic) bond motifs is 1. The fraction of sp³-hybridized carbons (Fsp3) is 0.316. The third-order valence-electron chi connectivity index (χ3n) is 4.20. The third kappa shape index (κ3) is 3.78. The Hall–Kier alpha value is -3.49. The highest BCUT2D eigenvalue weighted by atomic mass is 16.5. The van der Waals surface area contributed by atoms with Crippen molar-refractivity contribution < 1.29 is 18.8 Å². The average Bonchev–Trinajstić information content (AvgIpc) is 3.10. The van der Waals surface area contributed by atoms with Crippen LogP contribution < -0.4 is 10.9 Å². The second-order valence-electron chi connectivity index (χ2n) is 6.08. The van der Waals surface area contributed by atoms with Crippen LogP contribution in [0.15, 0.2) is 33.6 Å². The molecule has 2 aromatic heterocycles. The van der Waals surface area contributed by atoms with Crippen molar-refractivity contribution >= 4 is 28.7 Å². The van der Waals surface area contributed by atoms with Gasteiger partial charge >= 0.3 is 5.97 Å². The van der Waals surface area contributed by atoms with Gasteiger partial charge in [0.15, 0.2) is 0 Å². The van der Waals surface area contributed by atoms with Crippen LogP contribution in [0.3, 0.4) is 0 Å². The van der Waals surface area contributed by atoms with Crippen LogP contribution in [0, 0.1) is 6.92 Å². The summed E-state index contributed by atoms with van der Waals surface area (Å²) in [6.45, 7) is 5.10. The maximum Gasteiger partial charge on any atom is 0.361 e. The molecule has 0 unspecified atom stereocenters. The molecule has 1 aromatic carbocycles. The predicted molar refractivity (Wildman–Crippen MR) is 101 cm³/mol. The summed E-state index contributed by atoms with van der Waals surface area (Å²) >= 11 is 0. The summed E-state index contributed by atoms with van der Waals surface area (Å²) in [7, 11) is 0. The number of aromatic nitrogens is 3. The molecule has 2 heterocycles. The number of hydrogen-bond donors (Lipinski definition) is 1. The number of aryl methyl sites for hydroxylation is 2. The molecule has 1 amide bonds. The molecule has 0 radical (unpaired) electrons. The molecule has 0 saturated carbocycles. The van der Waals surface area contributed by atoms with Crippen molar-refractivity contribution in [3.05, 3.63) is 51.7 Å². The topological polar surface area (TPSA) is 116 Å². The van der Waals surface area contributed by atoms with E-state index in [0.29, 0.717) is 5.69 Å². The van der Waals surface area contributed by atoms with E-state index in [0.717, 1.165) is 16.6 Å². The Morgan fingerprint density at radius 1 is 1.21 bits per heavy atom. The molecule has 0 bridgehead atoms. The van der Waals surface area contributed by atoms with Crippen LogP contribution in [-0.2, 0) is 22.5 Å². The van der Waals surface area contributed by atoms with Crippen LogP contribution in [0.2, 0.25) is 0 Å². The van der Waals surface area contributed by atoms with Gasteiger partial charge < -0.3 is 14.6 Å². The first kappa shape index (κ1) is 19.3. The number of benzene rings is 1. The van der Waals surface area contributed by atoms with Crippen molar-refractivity contribution in [3.63, 3.8) is 0 Å². The fourth-order valence-corrected chi connectivity index (χ4v) is 2.73. The van der Waals surface area contributed by atoms with Crippen molar-refractivity contribution in [1.29, 1.82) is 0 Å². The van der Waals surface area contributed by atoms with E-state index in [4.69, 9.17) is 9.26 Å². The maximum absolute atomic E-state index is 12.8. The number of carbonyl (C=O) groups excluding carboxylic acids is 2. The molecule has 3 aromatic rings. The lowest BCUT2D eigenvalue weighted by Crippen LogP contribution is -2.30. The van der Waals surface area contributed by atoms with E-state index in [1.807, 2.05) is 19.1 Å². The number of ether oxygens (including phenoxy) is 1. The minimum absolute atomic E-state index is 0.0719. The summed E-state index contributed by atoms with van der Waals surface area (Å²) < 4.78 is 11.0. The summed E-state index contributed by atoms with van der Waals surface area (Å²) in [6, 6.07) is 7.44. The Morgan fingerprint density at radius 2 is 1.93 bits per heavy atom. The number of amides is 1. The molecule has 3 rings (SSSR count). The van der Waals surface area contributed by atoms with Crippen LogP contribution in [0.4, 0.5) is 5.69 Å². The molecule has 0 saturated heterocycles. The van der Waals surface area contributed by atoms with E-state index in [2.05, 4.69) is 15.5 Å². The van der Waals surface area contributed by atoms with Gasteiger partial charge in [-0.05, 0) is 38.0 Å². The lowest BCUT2D eigenvalue weighted by Gasteiger charge is -2.10. The van der Waals surface area contributed by atoms with E-state index in [-0.39, 0.29) is 35.8 Å². The quantitative estimate of drug-likeness (QED) is 0.647. The molecule has 9 nitrogen and oxygen atoms in total. The second kappa shape index (κ2) is 8.03. The summed E-state index contributed by atoms with van der Waals surface area (Å²) in [4.78, 5) is 41.4. The SMILES string of the molecule is CCOC(=O)c1noc2nc(C)n(CC(=O)Nc3ccc(CC)cc3)c(=O)c12. The molecule has 0 aliphatic rings. The van der Waals surface area contributed by atoms with Crippen molar-refractivity contribution in [3.8, 4) is 0 Å². The monoisotopic (exact) mass is 384 g/mol. The van der Waals surface area contributed by atoms with E-state index >= 15 is 0 Å². The Morgan fingerprint density at radius 3 is 2.57 bits per heavy atom. The third-order valence-corrected chi connectivity index (χ3v) is 4.20. The van der Waals surface area contributed by atoms with E-state index in [1.54, 1.807) is 26.0 Å². The zero-order chi connectivity index (χ0) is 20.3. The summed E-state index contributed by atoms with van der Waals surface area (Å²) in [5, 5.41) is 6.23. The highest BCUT2D eigenvalue weighted by Crippen LogP contribution is 2.15. The molecular weight excluding hydrogens is 364 g/mol. The number of anilines is 1. The molecule has 0 spiro atoms. The maximum atomic E-state index is 12.8. The van der Waals surface area contributed by atoms with Crippen molar-refractivity contribution in [2.45, 2.75) is 33.7 Å². The first-order valence-corrected chi connectivity index (χ1v) is 8.87. The van der Waals surface area contributed by atoms with Crippen molar-refractivity contribution in [1.82, 2.24) is 14.7 Å². The Labute approximate surface area is 160 Å². The lowest BCUT2D eigenvalue weighted by molar-refractivity contribution is -0.116. The summed E-state index contributed by atoms with van der Waals surface area (Å²) in [6.07, 6.45) is 0.899. The Bertz CT molecular complexity index is 1080. The van der Waals surface area contributed by atoms with Crippen LogP contribution in [0.5, 0.6) is 0 Å². The van der Waals surface area contributed by atoms with Gasteiger partial charge in [-0.3, -0.25) is 14.2 Å². The number of rotatable bonds is 6. The van der Waals surface area contributed by atoms with Gasteiger partial charge in [0.25, 0.3) is 11.3 Å². The van der Waals surface area contributed by atoms with Gasteiger partial charge in [-0.25, -0.2) is 4.79 Å². The smallest absolute Gasteiger partial charge is 0.361 e. The van der Waals surface area contributed by atoms with E-state index in [1.165, 1.54) is 0 Å².